The fourth-order valence-electron chi connectivity index (χ4n) is 2.89. The van der Waals surface area contributed by atoms with E-state index < -0.39 is 0 Å². The Balaban J connectivity index is 1.56. The predicted octanol–water partition coefficient (Wildman–Crippen LogP) is 6.98. The Morgan fingerprint density at radius 3 is 1.63 bits per heavy atom. The van der Waals surface area contributed by atoms with E-state index in [1.165, 1.54) is 5.56 Å². The number of ether oxygens (including phenoxy) is 2. The largest absolute Gasteiger partial charge is 0.497 e. The number of nitrogens with one attached hydrogen (secondary N) is 2. The van der Waals surface area contributed by atoms with Gasteiger partial charge in [0.15, 0.2) is 5.11 Å². The molecule has 0 unspecified atom stereocenters. The van der Waals surface area contributed by atoms with Crippen molar-refractivity contribution in [3.8, 4) is 17.2 Å². The number of hydrogen-bond acceptors (Lipinski definition) is 3. The van der Waals surface area contributed by atoms with Gasteiger partial charge in [0.1, 0.15) is 17.2 Å². The summed E-state index contributed by atoms with van der Waals surface area (Å²) in [6.07, 6.45) is 1.09. The van der Waals surface area contributed by atoms with Crippen LogP contribution in [-0.2, 0) is 5.41 Å². The number of rotatable bonds is 7. The molecule has 0 aromatic heterocycles. The van der Waals surface area contributed by atoms with E-state index >= 15 is 0 Å². The molecular formula is C25H28N2O2S. The van der Waals surface area contributed by atoms with Crippen molar-refractivity contribution in [2.24, 2.45) is 0 Å². The summed E-state index contributed by atoms with van der Waals surface area (Å²) < 4.78 is 11.1. The van der Waals surface area contributed by atoms with E-state index in [9.17, 15) is 0 Å². The maximum absolute atomic E-state index is 5.97. The molecular weight excluding hydrogens is 392 g/mol. The molecule has 5 heteroatoms. The van der Waals surface area contributed by atoms with Gasteiger partial charge in [0.2, 0.25) is 0 Å². The van der Waals surface area contributed by atoms with Crippen molar-refractivity contribution >= 4 is 28.7 Å². The first-order valence-electron chi connectivity index (χ1n) is 10.00. The van der Waals surface area contributed by atoms with Gasteiger partial charge < -0.3 is 20.1 Å². The van der Waals surface area contributed by atoms with E-state index in [2.05, 4.69) is 43.5 Å². The summed E-state index contributed by atoms with van der Waals surface area (Å²) in [7, 11) is 1.64. The van der Waals surface area contributed by atoms with Crippen LogP contribution in [0, 0.1) is 0 Å². The van der Waals surface area contributed by atoms with Crippen LogP contribution < -0.4 is 20.1 Å². The molecule has 30 heavy (non-hydrogen) atoms. The summed E-state index contributed by atoms with van der Waals surface area (Å²) in [4.78, 5) is 0. The Morgan fingerprint density at radius 1 is 0.767 bits per heavy atom. The number of methoxy groups -OCH3 is 1. The minimum absolute atomic E-state index is 0.171. The first-order chi connectivity index (χ1) is 14.4. The second-order valence-electron chi connectivity index (χ2n) is 7.70. The minimum atomic E-state index is 0.171. The van der Waals surface area contributed by atoms with Crippen molar-refractivity contribution in [2.45, 2.75) is 32.6 Å². The molecule has 0 heterocycles. The van der Waals surface area contributed by atoms with E-state index in [1.54, 1.807) is 7.11 Å². The average molecular weight is 421 g/mol. The Kier molecular flexibility index (Phi) is 6.95. The average Bonchev–Trinajstić information content (AvgIpc) is 2.76. The molecule has 0 aliphatic carbocycles. The van der Waals surface area contributed by atoms with Crippen LogP contribution in [0.3, 0.4) is 0 Å². The van der Waals surface area contributed by atoms with Crippen molar-refractivity contribution in [3.05, 3.63) is 78.4 Å². The molecule has 0 saturated carbocycles. The molecule has 3 aromatic rings. The molecule has 0 aliphatic heterocycles. The smallest absolute Gasteiger partial charge is 0.175 e. The highest BCUT2D eigenvalue weighted by atomic mass is 32.1. The van der Waals surface area contributed by atoms with Gasteiger partial charge in [-0.1, -0.05) is 32.9 Å². The van der Waals surface area contributed by atoms with Gasteiger partial charge in [-0.2, -0.15) is 0 Å². The minimum Gasteiger partial charge on any atom is -0.497 e. The number of benzene rings is 3. The number of anilines is 2. The van der Waals surface area contributed by atoms with Gasteiger partial charge in [0, 0.05) is 11.4 Å². The van der Waals surface area contributed by atoms with Gasteiger partial charge in [-0.15, -0.1) is 0 Å². The van der Waals surface area contributed by atoms with Gasteiger partial charge in [-0.25, -0.2) is 0 Å². The van der Waals surface area contributed by atoms with E-state index in [-0.39, 0.29) is 5.41 Å². The monoisotopic (exact) mass is 420 g/mol. The molecule has 0 amide bonds. The fourth-order valence-corrected chi connectivity index (χ4v) is 3.12. The van der Waals surface area contributed by atoms with Gasteiger partial charge in [0.25, 0.3) is 0 Å². The summed E-state index contributed by atoms with van der Waals surface area (Å²) in [5, 5.41) is 6.84. The van der Waals surface area contributed by atoms with Gasteiger partial charge in [0.05, 0.1) is 7.11 Å². The number of hydrogen-bond donors (Lipinski definition) is 2. The van der Waals surface area contributed by atoms with E-state index in [0.717, 1.165) is 35.0 Å². The third-order valence-electron chi connectivity index (χ3n) is 5.22. The normalized spacial score (nSPS) is 10.9. The van der Waals surface area contributed by atoms with Crippen molar-refractivity contribution < 1.29 is 9.47 Å². The SMILES string of the molecule is CCC(C)(C)c1ccc(Oc2ccc(NC(=S)Nc3ccc(OC)cc3)cc2)cc1. The molecule has 2 N–H and O–H groups in total. The highest BCUT2D eigenvalue weighted by Crippen LogP contribution is 2.30. The second kappa shape index (κ2) is 9.63. The molecule has 0 radical (unpaired) electrons. The Hall–Kier alpha value is -3.05. The lowest BCUT2D eigenvalue weighted by molar-refractivity contribution is 0.415. The maximum Gasteiger partial charge on any atom is 0.175 e. The standard InChI is InChI=1S/C25H28N2O2S/c1-5-25(2,3)18-6-12-22(13-7-18)29-23-16-10-20(11-17-23)27-24(30)26-19-8-14-21(28-4)15-9-19/h6-17H,5H2,1-4H3,(H2,26,27,30). The third-order valence-corrected chi connectivity index (χ3v) is 5.42. The maximum atomic E-state index is 5.97. The summed E-state index contributed by atoms with van der Waals surface area (Å²) in [6, 6.07) is 23.6. The fraction of sp³-hybridized carbons (Fsp3) is 0.240. The molecule has 0 bridgehead atoms. The lowest BCUT2D eigenvalue weighted by atomic mass is 9.82. The molecule has 3 aromatic carbocycles. The van der Waals surface area contributed by atoms with Crippen molar-refractivity contribution in [2.75, 3.05) is 17.7 Å². The molecule has 0 atom stereocenters. The Labute approximate surface area is 184 Å². The highest BCUT2D eigenvalue weighted by Gasteiger charge is 2.17. The van der Waals surface area contributed by atoms with Gasteiger partial charge >= 0.3 is 0 Å². The zero-order valence-corrected chi connectivity index (χ0v) is 18.7. The van der Waals surface area contributed by atoms with E-state index in [1.807, 2.05) is 60.7 Å². The number of thiocarbonyl (C=S) groups is 1. The van der Waals surface area contributed by atoms with Crippen LogP contribution in [0.25, 0.3) is 0 Å². The topological polar surface area (TPSA) is 42.5 Å². The van der Waals surface area contributed by atoms with Crippen LogP contribution in [0.15, 0.2) is 72.8 Å². The summed E-state index contributed by atoms with van der Waals surface area (Å²) in [5.74, 6) is 2.40. The van der Waals surface area contributed by atoms with Crippen molar-refractivity contribution in [1.29, 1.82) is 0 Å². The molecule has 0 saturated heterocycles. The lowest BCUT2D eigenvalue weighted by Crippen LogP contribution is -2.18. The quantitative estimate of drug-likeness (QED) is 0.403. The van der Waals surface area contributed by atoms with Crippen LogP contribution in [0.4, 0.5) is 11.4 Å². The first-order valence-corrected chi connectivity index (χ1v) is 10.4. The summed E-state index contributed by atoms with van der Waals surface area (Å²) in [5.41, 5.74) is 3.26. The predicted molar refractivity (Wildman–Crippen MR) is 129 cm³/mol. The van der Waals surface area contributed by atoms with Crippen LogP contribution in [-0.4, -0.2) is 12.2 Å². The molecule has 0 aliphatic rings. The lowest BCUT2D eigenvalue weighted by Gasteiger charge is -2.23. The van der Waals surface area contributed by atoms with Crippen molar-refractivity contribution in [3.63, 3.8) is 0 Å². The Bertz CT molecular complexity index is 966. The third kappa shape index (κ3) is 5.74. The van der Waals surface area contributed by atoms with Crippen molar-refractivity contribution in [1.82, 2.24) is 0 Å². The Morgan fingerprint density at radius 2 is 1.20 bits per heavy atom. The first kappa shape index (κ1) is 21.7. The second-order valence-corrected chi connectivity index (χ2v) is 8.10. The summed E-state index contributed by atoms with van der Waals surface area (Å²) in [6.45, 7) is 6.71. The van der Waals surface area contributed by atoms with E-state index in [0.29, 0.717) is 5.11 Å². The van der Waals surface area contributed by atoms with Crippen LogP contribution in [0.1, 0.15) is 32.8 Å². The molecule has 0 spiro atoms. The van der Waals surface area contributed by atoms with Gasteiger partial charge in [-0.05, 0) is 90.3 Å². The summed E-state index contributed by atoms with van der Waals surface area (Å²) >= 11 is 5.38. The molecule has 4 nitrogen and oxygen atoms in total. The van der Waals surface area contributed by atoms with Crippen LogP contribution >= 0.6 is 12.2 Å². The zero-order valence-electron chi connectivity index (χ0n) is 17.9. The highest BCUT2D eigenvalue weighted by molar-refractivity contribution is 7.80. The molecule has 3 rings (SSSR count). The van der Waals surface area contributed by atoms with Crippen LogP contribution in [0.5, 0.6) is 17.2 Å². The molecule has 0 fully saturated rings. The zero-order chi connectivity index (χ0) is 21.6. The molecule has 156 valence electrons. The van der Waals surface area contributed by atoms with Gasteiger partial charge in [-0.3, -0.25) is 0 Å². The van der Waals surface area contributed by atoms with E-state index in [4.69, 9.17) is 21.7 Å². The van der Waals surface area contributed by atoms with Crippen LogP contribution in [0.2, 0.25) is 0 Å².